The molecule has 7 nitrogen and oxygen atoms in total. The summed E-state index contributed by atoms with van der Waals surface area (Å²) in [5.41, 5.74) is 4.43. The molecule has 0 saturated carbocycles. The summed E-state index contributed by atoms with van der Waals surface area (Å²) in [4.78, 5) is 16.6. The van der Waals surface area contributed by atoms with E-state index in [1.165, 1.54) is 0 Å². The second kappa shape index (κ2) is 9.55. The Morgan fingerprint density at radius 2 is 1.81 bits per heavy atom. The first-order valence-electron chi connectivity index (χ1n) is 10.8. The highest BCUT2D eigenvalue weighted by Crippen LogP contribution is 2.33. The lowest BCUT2D eigenvalue weighted by Gasteiger charge is -2.18. The third-order valence-corrected chi connectivity index (χ3v) is 8.28. The fourth-order valence-electron chi connectivity index (χ4n) is 4.11. The number of halogens is 3. The van der Waals surface area contributed by atoms with Crippen LogP contribution in [-0.2, 0) is 21.4 Å². The van der Waals surface area contributed by atoms with E-state index < -0.39 is 16.1 Å². The van der Waals surface area contributed by atoms with Crippen LogP contribution >= 0.6 is 39.1 Å². The zero-order chi connectivity index (χ0) is 25.6. The molecule has 0 aliphatic carbocycles. The lowest BCUT2D eigenvalue weighted by atomic mass is 10.1. The van der Waals surface area contributed by atoms with Gasteiger partial charge in [0.2, 0.25) is 0 Å². The molecule has 5 rings (SSSR count). The van der Waals surface area contributed by atoms with Gasteiger partial charge in [0.05, 0.1) is 16.4 Å². The zero-order valence-corrected chi connectivity index (χ0v) is 22.8. The number of nitrogens with one attached hydrogen (secondary N) is 1. The number of carbonyl (C=O) groups is 1. The Morgan fingerprint density at radius 1 is 1.06 bits per heavy atom. The van der Waals surface area contributed by atoms with Gasteiger partial charge in [0, 0.05) is 33.4 Å². The molecule has 11 heteroatoms. The SMILES string of the molecule is Cc1cc(-n2cc(-c3ccc(Cl)cc3Cl)nc2Cc2ccc(Br)cc2)ccc1N1CC(=O)NS1(=O)=O. The van der Waals surface area contributed by atoms with Gasteiger partial charge >= 0.3 is 10.2 Å². The van der Waals surface area contributed by atoms with E-state index in [-0.39, 0.29) is 6.54 Å². The third kappa shape index (κ3) is 4.88. The maximum Gasteiger partial charge on any atom is 0.326 e. The van der Waals surface area contributed by atoms with Crippen LogP contribution in [0.5, 0.6) is 0 Å². The van der Waals surface area contributed by atoms with Gasteiger partial charge in [-0.25, -0.2) is 14.0 Å². The van der Waals surface area contributed by atoms with Crippen molar-refractivity contribution in [1.29, 1.82) is 0 Å². The normalized spacial score (nSPS) is 14.8. The number of hydrogen-bond donors (Lipinski definition) is 1. The van der Waals surface area contributed by atoms with E-state index >= 15 is 0 Å². The minimum atomic E-state index is -3.90. The number of carbonyl (C=O) groups excluding carboxylic acids is 1. The Morgan fingerprint density at radius 3 is 2.44 bits per heavy atom. The Labute approximate surface area is 227 Å². The van der Waals surface area contributed by atoms with Gasteiger partial charge in [0.1, 0.15) is 12.4 Å². The molecule has 0 bridgehead atoms. The third-order valence-electron chi connectivity index (χ3n) is 5.81. The number of aromatic nitrogens is 2. The molecule has 1 aliphatic heterocycles. The van der Waals surface area contributed by atoms with Gasteiger partial charge in [-0.15, -0.1) is 0 Å². The van der Waals surface area contributed by atoms with Gasteiger partial charge < -0.3 is 4.57 Å². The molecule has 3 aromatic carbocycles. The highest BCUT2D eigenvalue weighted by Gasteiger charge is 2.34. The molecule has 4 aromatic rings. The number of nitrogens with zero attached hydrogens (tertiary/aromatic N) is 3. The number of benzene rings is 3. The number of rotatable bonds is 5. The van der Waals surface area contributed by atoms with Crippen molar-refractivity contribution in [2.24, 2.45) is 0 Å². The van der Waals surface area contributed by atoms with Crippen molar-refractivity contribution in [2.45, 2.75) is 13.3 Å². The molecule has 184 valence electrons. The Kier molecular flexibility index (Phi) is 6.59. The lowest BCUT2D eigenvalue weighted by molar-refractivity contribution is -0.117. The molecule has 1 saturated heterocycles. The van der Waals surface area contributed by atoms with Crippen molar-refractivity contribution in [2.75, 3.05) is 10.8 Å². The molecular weight excluding hydrogens is 587 g/mol. The van der Waals surface area contributed by atoms with Crippen LogP contribution in [-0.4, -0.2) is 30.4 Å². The summed E-state index contributed by atoms with van der Waals surface area (Å²) >= 11 is 16.0. The fourth-order valence-corrected chi connectivity index (χ4v) is 6.09. The molecular formula is C25H19BrCl2N4O3S. The maximum absolute atomic E-state index is 12.3. The molecule has 0 spiro atoms. The highest BCUT2D eigenvalue weighted by molar-refractivity contribution is 9.10. The first kappa shape index (κ1) is 24.8. The number of aryl methyl sites for hydroxylation is 1. The van der Waals surface area contributed by atoms with Crippen LogP contribution in [0.1, 0.15) is 17.0 Å². The van der Waals surface area contributed by atoms with E-state index in [0.717, 1.165) is 31.4 Å². The minimum Gasteiger partial charge on any atom is -0.303 e. The quantitative estimate of drug-likeness (QED) is 0.317. The molecule has 0 unspecified atom stereocenters. The topological polar surface area (TPSA) is 84.3 Å². The van der Waals surface area contributed by atoms with Gasteiger partial charge in [-0.05, 0) is 66.6 Å². The van der Waals surface area contributed by atoms with Gasteiger partial charge in [0.15, 0.2) is 0 Å². The molecule has 0 radical (unpaired) electrons. The first-order valence-corrected chi connectivity index (χ1v) is 13.8. The van der Waals surface area contributed by atoms with E-state index in [9.17, 15) is 13.2 Å². The van der Waals surface area contributed by atoms with Crippen LogP contribution in [0, 0.1) is 6.92 Å². The number of anilines is 1. The largest absolute Gasteiger partial charge is 0.326 e. The average Bonchev–Trinajstić information content (AvgIpc) is 3.34. The standard InChI is InChI=1S/C25H19BrCl2N4O3S/c1-15-10-19(7-9-23(15)32-14-25(33)30-36(32,34)35)31-13-22(20-8-6-18(27)12-21(20)28)29-24(31)11-16-2-4-17(26)5-3-16/h2-10,12-13H,11,14H2,1H3,(H,30,33). The van der Waals surface area contributed by atoms with Crippen LogP contribution in [0.15, 0.2) is 71.3 Å². The van der Waals surface area contributed by atoms with Crippen molar-refractivity contribution in [1.82, 2.24) is 14.3 Å². The van der Waals surface area contributed by atoms with E-state index in [2.05, 4.69) is 15.9 Å². The molecule has 0 atom stereocenters. The van der Waals surface area contributed by atoms with E-state index in [1.807, 2.05) is 51.9 Å². The first-order chi connectivity index (χ1) is 17.1. The van der Waals surface area contributed by atoms with Crippen molar-refractivity contribution in [3.05, 3.63) is 98.3 Å². The van der Waals surface area contributed by atoms with Crippen molar-refractivity contribution >= 4 is 60.9 Å². The monoisotopic (exact) mass is 604 g/mol. The van der Waals surface area contributed by atoms with Gasteiger partial charge in [-0.3, -0.25) is 4.79 Å². The smallest absolute Gasteiger partial charge is 0.303 e. The Balaban J connectivity index is 1.59. The van der Waals surface area contributed by atoms with Crippen LogP contribution in [0.25, 0.3) is 16.9 Å². The van der Waals surface area contributed by atoms with E-state index in [4.69, 9.17) is 28.2 Å². The molecule has 1 fully saturated rings. The average molecular weight is 606 g/mol. The predicted molar refractivity (Wildman–Crippen MR) is 145 cm³/mol. The second-order valence-electron chi connectivity index (χ2n) is 8.35. The number of amides is 1. The number of imidazole rings is 1. The van der Waals surface area contributed by atoms with E-state index in [0.29, 0.717) is 33.4 Å². The molecule has 2 heterocycles. The Hall–Kier alpha value is -2.85. The fraction of sp³-hybridized carbons (Fsp3) is 0.120. The van der Waals surface area contributed by atoms with Crippen molar-refractivity contribution < 1.29 is 13.2 Å². The highest BCUT2D eigenvalue weighted by atomic mass is 79.9. The molecule has 1 aliphatic rings. The lowest BCUT2D eigenvalue weighted by Crippen LogP contribution is -2.30. The van der Waals surface area contributed by atoms with Crippen LogP contribution in [0.4, 0.5) is 5.69 Å². The second-order valence-corrected chi connectivity index (χ2v) is 11.7. The molecule has 36 heavy (non-hydrogen) atoms. The summed E-state index contributed by atoms with van der Waals surface area (Å²) in [7, 11) is -3.90. The summed E-state index contributed by atoms with van der Waals surface area (Å²) in [6.45, 7) is 1.56. The Bertz CT molecular complexity index is 1600. The molecule has 1 amide bonds. The van der Waals surface area contributed by atoms with E-state index in [1.54, 1.807) is 31.2 Å². The predicted octanol–water partition coefficient (Wildman–Crippen LogP) is 5.69. The van der Waals surface area contributed by atoms with Crippen molar-refractivity contribution in [3.63, 3.8) is 0 Å². The minimum absolute atomic E-state index is 0.248. The van der Waals surface area contributed by atoms with Crippen LogP contribution < -0.4 is 9.03 Å². The van der Waals surface area contributed by atoms with Gasteiger partial charge in [0.25, 0.3) is 5.91 Å². The van der Waals surface area contributed by atoms with Gasteiger partial charge in [-0.1, -0.05) is 51.3 Å². The summed E-state index contributed by atoms with van der Waals surface area (Å²) in [6.07, 6.45) is 2.45. The summed E-state index contributed by atoms with van der Waals surface area (Å²) in [5.74, 6) is 0.213. The zero-order valence-electron chi connectivity index (χ0n) is 18.9. The van der Waals surface area contributed by atoms with Crippen molar-refractivity contribution in [3.8, 4) is 16.9 Å². The molecule has 1 aromatic heterocycles. The summed E-state index contributed by atoms with van der Waals surface area (Å²) < 4.78 is 30.7. The number of hydrogen-bond acceptors (Lipinski definition) is 4. The van der Waals surface area contributed by atoms with Gasteiger partial charge in [-0.2, -0.15) is 8.42 Å². The summed E-state index contributed by atoms with van der Waals surface area (Å²) in [5, 5.41) is 1.03. The molecule has 1 N–H and O–H groups in total. The van der Waals surface area contributed by atoms with Crippen LogP contribution in [0.3, 0.4) is 0 Å². The van der Waals surface area contributed by atoms with Crippen LogP contribution in [0.2, 0.25) is 10.0 Å². The maximum atomic E-state index is 12.3. The summed E-state index contributed by atoms with van der Waals surface area (Å²) in [6, 6.07) is 18.6.